The third kappa shape index (κ3) is 3.24. The normalized spacial score (nSPS) is 16.0. The molecule has 0 spiro atoms. The van der Waals surface area contributed by atoms with Gasteiger partial charge in [-0.15, -0.1) is 0 Å². The van der Waals surface area contributed by atoms with Crippen molar-refractivity contribution < 1.29 is 4.74 Å². The standard InChI is InChI=1S/C17H17IN4O/c18-14-5-6-19-17-15(14)20-16(21-17)13-3-1-12(2-4-13)11-22-7-9-23-10-8-22/h1-6H,7-11H2,(H,19,20,21). The second-order valence-electron chi connectivity index (χ2n) is 5.66. The van der Waals surface area contributed by atoms with E-state index in [1.807, 2.05) is 6.07 Å². The van der Waals surface area contributed by atoms with Crippen LogP contribution in [-0.4, -0.2) is 46.2 Å². The first-order chi connectivity index (χ1) is 11.3. The molecular weight excluding hydrogens is 403 g/mol. The van der Waals surface area contributed by atoms with Gasteiger partial charge >= 0.3 is 0 Å². The Bertz CT molecular complexity index is 809. The summed E-state index contributed by atoms with van der Waals surface area (Å²) in [5.41, 5.74) is 4.17. The summed E-state index contributed by atoms with van der Waals surface area (Å²) in [4.78, 5) is 14.7. The summed E-state index contributed by atoms with van der Waals surface area (Å²) in [6.45, 7) is 4.67. The molecule has 118 valence electrons. The molecular formula is C17H17IN4O. The van der Waals surface area contributed by atoms with Crippen LogP contribution in [0.2, 0.25) is 0 Å². The van der Waals surface area contributed by atoms with Crippen LogP contribution >= 0.6 is 22.6 Å². The van der Waals surface area contributed by atoms with Crippen LogP contribution in [0, 0.1) is 3.57 Å². The van der Waals surface area contributed by atoms with E-state index in [1.165, 1.54) is 5.56 Å². The summed E-state index contributed by atoms with van der Waals surface area (Å²) in [6, 6.07) is 10.6. The molecule has 0 unspecified atom stereocenters. The zero-order chi connectivity index (χ0) is 15.6. The Kier molecular flexibility index (Phi) is 4.28. The first kappa shape index (κ1) is 15.0. The van der Waals surface area contributed by atoms with Crippen molar-refractivity contribution in [3.8, 4) is 11.4 Å². The highest BCUT2D eigenvalue weighted by molar-refractivity contribution is 14.1. The summed E-state index contributed by atoms with van der Waals surface area (Å²) in [7, 11) is 0. The molecule has 0 bridgehead atoms. The summed E-state index contributed by atoms with van der Waals surface area (Å²) in [5, 5.41) is 0. The maximum absolute atomic E-state index is 5.39. The molecule has 2 aromatic heterocycles. The Morgan fingerprint density at radius 2 is 1.91 bits per heavy atom. The number of pyridine rings is 1. The first-order valence-corrected chi connectivity index (χ1v) is 8.77. The largest absolute Gasteiger partial charge is 0.379 e. The lowest BCUT2D eigenvalue weighted by Crippen LogP contribution is -2.35. The second kappa shape index (κ2) is 6.54. The third-order valence-electron chi connectivity index (χ3n) is 4.07. The van der Waals surface area contributed by atoms with Crippen molar-refractivity contribution in [3.05, 3.63) is 45.7 Å². The average Bonchev–Trinajstić information content (AvgIpc) is 3.02. The lowest BCUT2D eigenvalue weighted by atomic mass is 10.1. The number of benzene rings is 1. The van der Waals surface area contributed by atoms with E-state index in [-0.39, 0.29) is 0 Å². The lowest BCUT2D eigenvalue weighted by Gasteiger charge is -2.26. The van der Waals surface area contributed by atoms with Crippen molar-refractivity contribution in [2.75, 3.05) is 26.3 Å². The number of H-pyrrole nitrogens is 1. The monoisotopic (exact) mass is 420 g/mol. The van der Waals surface area contributed by atoms with Gasteiger partial charge in [0.1, 0.15) is 11.3 Å². The van der Waals surface area contributed by atoms with Crippen molar-refractivity contribution in [1.29, 1.82) is 0 Å². The van der Waals surface area contributed by atoms with Gasteiger partial charge in [0.15, 0.2) is 5.65 Å². The summed E-state index contributed by atoms with van der Waals surface area (Å²) in [5.74, 6) is 0.870. The molecule has 0 radical (unpaired) electrons. The van der Waals surface area contributed by atoms with Crippen LogP contribution in [0.15, 0.2) is 36.5 Å². The van der Waals surface area contributed by atoms with Gasteiger partial charge in [-0.25, -0.2) is 9.97 Å². The number of rotatable bonds is 3. The molecule has 1 fully saturated rings. The predicted molar refractivity (Wildman–Crippen MR) is 98.1 cm³/mol. The van der Waals surface area contributed by atoms with E-state index in [0.29, 0.717) is 0 Å². The van der Waals surface area contributed by atoms with Gasteiger partial charge in [-0.2, -0.15) is 0 Å². The van der Waals surface area contributed by atoms with Crippen LogP contribution < -0.4 is 0 Å². The molecule has 1 saturated heterocycles. The van der Waals surface area contributed by atoms with Crippen LogP contribution in [0.4, 0.5) is 0 Å². The summed E-state index contributed by atoms with van der Waals surface area (Å²) in [6.07, 6.45) is 1.80. The van der Waals surface area contributed by atoms with Gasteiger partial charge in [0.25, 0.3) is 0 Å². The molecule has 0 atom stereocenters. The van der Waals surface area contributed by atoms with Crippen LogP contribution in [0.1, 0.15) is 5.56 Å². The number of hydrogen-bond donors (Lipinski definition) is 1. The number of fused-ring (bicyclic) bond motifs is 1. The first-order valence-electron chi connectivity index (χ1n) is 7.69. The molecule has 23 heavy (non-hydrogen) atoms. The number of imidazole rings is 1. The van der Waals surface area contributed by atoms with Crippen molar-refractivity contribution >= 4 is 33.8 Å². The number of nitrogens with zero attached hydrogens (tertiary/aromatic N) is 3. The molecule has 0 aliphatic carbocycles. The van der Waals surface area contributed by atoms with Crippen LogP contribution in [0.3, 0.4) is 0 Å². The highest BCUT2D eigenvalue weighted by Crippen LogP contribution is 2.23. The Morgan fingerprint density at radius 1 is 1.13 bits per heavy atom. The van der Waals surface area contributed by atoms with Crippen molar-refractivity contribution in [2.45, 2.75) is 6.54 Å². The van der Waals surface area contributed by atoms with E-state index < -0.39 is 0 Å². The van der Waals surface area contributed by atoms with Crippen LogP contribution in [-0.2, 0) is 11.3 Å². The second-order valence-corrected chi connectivity index (χ2v) is 6.82. The Hall–Kier alpha value is -1.51. The number of hydrogen-bond acceptors (Lipinski definition) is 4. The minimum absolute atomic E-state index is 0.836. The number of halogens is 1. The van der Waals surface area contributed by atoms with Crippen LogP contribution in [0.25, 0.3) is 22.6 Å². The fourth-order valence-electron chi connectivity index (χ4n) is 2.80. The number of ether oxygens (including phenoxy) is 1. The van der Waals surface area contributed by atoms with E-state index in [4.69, 9.17) is 4.74 Å². The maximum Gasteiger partial charge on any atom is 0.158 e. The minimum Gasteiger partial charge on any atom is -0.379 e. The fraction of sp³-hybridized carbons (Fsp3) is 0.294. The average molecular weight is 420 g/mol. The Labute approximate surface area is 148 Å². The van der Waals surface area contributed by atoms with Crippen molar-refractivity contribution in [2.24, 2.45) is 0 Å². The van der Waals surface area contributed by atoms with Gasteiger partial charge < -0.3 is 9.72 Å². The van der Waals surface area contributed by atoms with Gasteiger partial charge in [-0.1, -0.05) is 24.3 Å². The molecule has 0 saturated carbocycles. The van der Waals surface area contributed by atoms with Gasteiger partial charge in [0, 0.05) is 35.0 Å². The number of morpholine rings is 1. The zero-order valence-electron chi connectivity index (χ0n) is 12.6. The smallest absolute Gasteiger partial charge is 0.158 e. The van der Waals surface area contributed by atoms with Crippen LogP contribution in [0.5, 0.6) is 0 Å². The lowest BCUT2D eigenvalue weighted by molar-refractivity contribution is 0.0342. The molecule has 1 aliphatic heterocycles. The molecule has 4 rings (SSSR count). The van der Waals surface area contributed by atoms with E-state index >= 15 is 0 Å². The molecule has 1 aliphatic rings. The predicted octanol–water partition coefficient (Wildman–Crippen LogP) is 3.06. The molecule has 1 aromatic carbocycles. The summed E-state index contributed by atoms with van der Waals surface area (Å²) < 4.78 is 6.50. The van der Waals surface area contributed by atoms with E-state index in [1.54, 1.807) is 6.20 Å². The summed E-state index contributed by atoms with van der Waals surface area (Å²) >= 11 is 2.29. The Morgan fingerprint density at radius 3 is 2.65 bits per heavy atom. The SMILES string of the molecule is Ic1ccnc2[nH]c(-c3ccc(CN4CCOCC4)cc3)nc12. The number of aromatic amines is 1. The quantitative estimate of drug-likeness (QED) is 0.662. The Balaban J connectivity index is 1.55. The number of nitrogens with one attached hydrogen (secondary N) is 1. The zero-order valence-corrected chi connectivity index (χ0v) is 14.8. The van der Waals surface area contributed by atoms with Crippen molar-refractivity contribution in [1.82, 2.24) is 19.9 Å². The molecule has 5 nitrogen and oxygen atoms in total. The molecule has 0 amide bonds. The van der Waals surface area contributed by atoms with Gasteiger partial charge in [-0.3, -0.25) is 4.90 Å². The maximum atomic E-state index is 5.39. The minimum atomic E-state index is 0.836. The van der Waals surface area contributed by atoms with E-state index in [0.717, 1.165) is 59.0 Å². The molecule has 6 heteroatoms. The van der Waals surface area contributed by atoms with E-state index in [9.17, 15) is 0 Å². The molecule has 1 N–H and O–H groups in total. The molecule has 3 heterocycles. The third-order valence-corrected chi connectivity index (χ3v) is 4.94. The fourth-order valence-corrected chi connectivity index (χ4v) is 3.34. The van der Waals surface area contributed by atoms with Gasteiger partial charge in [0.2, 0.25) is 0 Å². The van der Waals surface area contributed by atoms with E-state index in [2.05, 4.69) is 66.7 Å². The topological polar surface area (TPSA) is 54.0 Å². The number of aromatic nitrogens is 3. The molecule has 3 aromatic rings. The van der Waals surface area contributed by atoms with Gasteiger partial charge in [-0.05, 0) is 34.2 Å². The van der Waals surface area contributed by atoms with Gasteiger partial charge in [0.05, 0.1) is 13.2 Å². The van der Waals surface area contributed by atoms with Crippen molar-refractivity contribution in [3.63, 3.8) is 0 Å². The highest BCUT2D eigenvalue weighted by Gasteiger charge is 2.12. The highest BCUT2D eigenvalue weighted by atomic mass is 127.